The third-order valence-corrected chi connectivity index (χ3v) is 1.88. The van der Waals surface area contributed by atoms with Crippen LogP contribution in [0.3, 0.4) is 0 Å². The third-order valence-electron chi connectivity index (χ3n) is 1.88. The zero-order valence-electron chi connectivity index (χ0n) is 8.75. The van der Waals surface area contributed by atoms with E-state index < -0.39 is 6.04 Å². The molecule has 4 heteroatoms. The lowest BCUT2D eigenvalue weighted by atomic mass is 10.2. The van der Waals surface area contributed by atoms with Crippen LogP contribution < -0.4 is 11.1 Å². The fourth-order valence-electron chi connectivity index (χ4n) is 0.991. The van der Waals surface area contributed by atoms with Crippen LogP contribution in [0, 0.1) is 12.3 Å². The first-order chi connectivity index (χ1) is 6.65. The zero-order valence-corrected chi connectivity index (χ0v) is 8.75. The highest BCUT2D eigenvalue weighted by atomic mass is 16.5. The molecule has 0 aromatic heterocycles. The quantitative estimate of drug-likeness (QED) is 0.585. The van der Waals surface area contributed by atoms with E-state index in [9.17, 15) is 4.79 Å². The van der Waals surface area contributed by atoms with Gasteiger partial charge >= 0.3 is 0 Å². The van der Waals surface area contributed by atoms with Crippen molar-refractivity contribution in [2.75, 3.05) is 13.7 Å². The Morgan fingerprint density at radius 1 is 1.71 bits per heavy atom. The second-order valence-corrected chi connectivity index (χ2v) is 3.08. The van der Waals surface area contributed by atoms with Crippen molar-refractivity contribution in [1.29, 1.82) is 0 Å². The number of terminal acetylenes is 1. The van der Waals surface area contributed by atoms with Crippen LogP contribution in [0.4, 0.5) is 0 Å². The molecule has 0 aliphatic heterocycles. The third kappa shape index (κ3) is 4.85. The largest absolute Gasteiger partial charge is 0.383 e. The summed E-state index contributed by atoms with van der Waals surface area (Å²) < 4.78 is 4.94. The molecule has 0 saturated heterocycles. The average Bonchev–Trinajstić information content (AvgIpc) is 2.17. The molecular weight excluding hydrogens is 180 g/mol. The van der Waals surface area contributed by atoms with Crippen LogP contribution >= 0.6 is 0 Å². The number of amides is 1. The lowest BCUT2D eigenvalue weighted by Gasteiger charge is -2.17. The van der Waals surface area contributed by atoms with Crippen LogP contribution in [0.25, 0.3) is 0 Å². The molecule has 0 bridgehead atoms. The van der Waals surface area contributed by atoms with Gasteiger partial charge < -0.3 is 15.8 Å². The number of nitrogens with two attached hydrogens (primary N) is 1. The van der Waals surface area contributed by atoms with E-state index in [2.05, 4.69) is 11.2 Å². The van der Waals surface area contributed by atoms with Crippen LogP contribution in [0.2, 0.25) is 0 Å². The first-order valence-electron chi connectivity index (χ1n) is 4.64. The van der Waals surface area contributed by atoms with Crippen LogP contribution in [-0.2, 0) is 9.53 Å². The number of rotatable bonds is 6. The van der Waals surface area contributed by atoms with Gasteiger partial charge in [-0.1, -0.05) is 6.92 Å². The van der Waals surface area contributed by atoms with Crippen LogP contribution in [0.5, 0.6) is 0 Å². The molecule has 4 nitrogen and oxygen atoms in total. The van der Waals surface area contributed by atoms with Gasteiger partial charge in [0, 0.05) is 13.5 Å². The fourth-order valence-corrected chi connectivity index (χ4v) is 0.991. The number of methoxy groups -OCH3 is 1. The molecule has 0 spiro atoms. The molecule has 0 fully saturated rings. The lowest BCUT2D eigenvalue weighted by molar-refractivity contribution is -0.123. The Bertz CT molecular complexity index is 211. The van der Waals surface area contributed by atoms with Gasteiger partial charge in [0.05, 0.1) is 18.7 Å². The van der Waals surface area contributed by atoms with Crippen molar-refractivity contribution >= 4 is 5.91 Å². The van der Waals surface area contributed by atoms with E-state index in [1.165, 1.54) is 0 Å². The molecule has 0 aliphatic carbocycles. The summed E-state index contributed by atoms with van der Waals surface area (Å²) in [5.74, 6) is 2.14. The van der Waals surface area contributed by atoms with Crippen molar-refractivity contribution in [3.63, 3.8) is 0 Å². The van der Waals surface area contributed by atoms with Crippen molar-refractivity contribution < 1.29 is 9.53 Å². The van der Waals surface area contributed by atoms with Gasteiger partial charge in [-0.25, -0.2) is 0 Å². The van der Waals surface area contributed by atoms with Crippen molar-refractivity contribution in [3.8, 4) is 12.3 Å². The van der Waals surface area contributed by atoms with Crippen molar-refractivity contribution in [2.45, 2.75) is 31.8 Å². The summed E-state index contributed by atoms with van der Waals surface area (Å²) in [5, 5.41) is 2.77. The molecule has 0 aromatic rings. The number of carbonyl (C=O) groups is 1. The second kappa shape index (κ2) is 7.36. The predicted molar refractivity (Wildman–Crippen MR) is 55.5 cm³/mol. The minimum absolute atomic E-state index is 0.0105. The monoisotopic (exact) mass is 198 g/mol. The fraction of sp³-hybridized carbons (Fsp3) is 0.700. The molecule has 0 saturated carbocycles. The maximum Gasteiger partial charge on any atom is 0.238 e. The smallest absolute Gasteiger partial charge is 0.238 e. The molecule has 14 heavy (non-hydrogen) atoms. The Labute approximate surface area is 85.2 Å². The maximum absolute atomic E-state index is 11.4. The van der Waals surface area contributed by atoms with E-state index in [0.29, 0.717) is 6.61 Å². The van der Waals surface area contributed by atoms with Gasteiger partial charge in [0.2, 0.25) is 5.91 Å². The number of nitrogens with one attached hydrogen (secondary N) is 1. The molecule has 2 atom stereocenters. The Kier molecular flexibility index (Phi) is 6.81. The number of hydrogen-bond acceptors (Lipinski definition) is 3. The molecule has 0 rings (SSSR count). The number of ether oxygens (including phenoxy) is 1. The van der Waals surface area contributed by atoms with E-state index in [-0.39, 0.29) is 18.4 Å². The Morgan fingerprint density at radius 3 is 2.79 bits per heavy atom. The second-order valence-electron chi connectivity index (χ2n) is 3.08. The predicted octanol–water partition coefficient (Wildman–Crippen LogP) is -0.122. The van der Waals surface area contributed by atoms with E-state index in [4.69, 9.17) is 16.9 Å². The molecule has 1 amide bonds. The maximum atomic E-state index is 11.4. The van der Waals surface area contributed by atoms with E-state index in [0.717, 1.165) is 6.42 Å². The van der Waals surface area contributed by atoms with Crippen LogP contribution in [0.1, 0.15) is 19.8 Å². The summed E-state index contributed by atoms with van der Waals surface area (Å²) in [6, 6.07) is -0.609. The van der Waals surface area contributed by atoms with Gasteiger partial charge in [0.15, 0.2) is 0 Å². The van der Waals surface area contributed by atoms with Crippen molar-refractivity contribution in [1.82, 2.24) is 5.32 Å². The number of hydrogen-bond donors (Lipinski definition) is 2. The summed E-state index contributed by atoms with van der Waals surface area (Å²) in [6.45, 7) is 2.46. The molecule has 2 unspecified atom stereocenters. The van der Waals surface area contributed by atoms with E-state index >= 15 is 0 Å². The number of carbonyl (C=O) groups excluding carboxylic acids is 1. The highest BCUT2D eigenvalue weighted by Gasteiger charge is 2.15. The molecule has 0 aromatic carbocycles. The van der Waals surface area contributed by atoms with Gasteiger partial charge in [-0.2, -0.15) is 0 Å². The normalized spacial score (nSPS) is 14.1. The van der Waals surface area contributed by atoms with E-state index in [1.807, 2.05) is 6.92 Å². The first-order valence-corrected chi connectivity index (χ1v) is 4.64. The molecule has 3 N–H and O–H groups in total. The van der Waals surface area contributed by atoms with Gasteiger partial charge in [-0.05, 0) is 6.42 Å². The zero-order chi connectivity index (χ0) is 11.0. The molecule has 0 heterocycles. The van der Waals surface area contributed by atoms with Crippen LogP contribution in [-0.4, -0.2) is 31.7 Å². The van der Waals surface area contributed by atoms with Crippen LogP contribution in [0.15, 0.2) is 0 Å². The molecule has 80 valence electrons. The van der Waals surface area contributed by atoms with Gasteiger partial charge in [0.25, 0.3) is 0 Å². The van der Waals surface area contributed by atoms with Gasteiger partial charge in [-0.3, -0.25) is 4.79 Å². The minimum atomic E-state index is -0.620. The minimum Gasteiger partial charge on any atom is -0.383 e. The SMILES string of the molecule is C#CCC(N)C(=O)NC(CC)COC. The Balaban J connectivity index is 3.96. The highest BCUT2D eigenvalue weighted by molar-refractivity contribution is 5.82. The summed E-state index contributed by atoms with van der Waals surface area (Å²) in [5.41, 5.74) is 5.53. The standard InChI is InChI=1S/C10H18N2O2/c1-4-6-9(11)10(13)12-8(5-2)7-14-3/h1,8-9H,5-7,11H2,2-3H3,(H,12,13). The lowest BCUT2D eigenvalue weighted by Crippen LogP contribution is -2.46. The summed E-state index contributed by atoms with van der Waals surface area (Å²) in [6.07, 6.45) is 6.12. The van der Waals surface area contributed by atoms with Crippen molar-refractivity contribution in [3.05, 3.63) is 0 Å². The highest BCUT2D eigenvalue weighted by Crippen LogP contribution is 1.94. The van der Waals surface area contributed by atoms with Gasteiger partial charge in [0.1, 0.15) is 0 Å². The average molecular weight is 198 g/mol. The topological polar surface area (TPSA) is 64.4 Å². The Morgan fingerprint density at radius 2 is 2.36 bits per heavy atom. The molecular formula is C10H18N2O2. The van der Waals surface area contributed by atoms with Crippen molar-refractivity contribution in [2.24, 2.45) is 5.73 Å². The molecule has 0 radical (unpaired) electrons. The van der Waals surface area contributed by atoms with Gasteiger partial charge in [-0.15, -0.1) is 12.3 Å². The Hall–Kier alpha value is -1.05. The molecule has 0 aliphatic rings. The summed E-state index contributed by atoms with van der Waals surface area (Å²) in [4.78, 5) is 11.4. The summed E-state index contributed by atoms with van der Waals surface area (Å²) >= 11 is 0. The first kappa shape index (κ1) is 12.9. The van der Waals surface area contributed by atoms with E-state index in [1.54, 1.807) is 7.11 Å². The summed E-state index contributed by atoms with van der Waals surface area (Å²) in [7, 11) is 1.59.